The molecule has 0 saturated carbocycles. The van der Waals surface area contributed by atoms with Crippen LogP contribution in [0.25, 0.3) is 0 Å². The van der Waals surface area contributed by atoms with Crippen molar-refractivity contribution in [2.75, 3.05) is 32.8 Å². The zero-order valence-corrected chi connectivity index (χ0v) is 12.8. The Kier molecular flexibility index (Phi) is 6.34. The predicted octanol–water partition coefficient (Wildman–Crippen LogP) is 2.78. The largest absolute Gasteiger partial charge is 0.492 e. The van der Waals surface area contributed by atoms with Gasteiger partial charge in [0.15, 0.2) is 0 Å². The lowest BCUT2D eigenvalue weighted by Crippen LogP contribution is -2.42. The van der Waals surface area contributed by atoms with Gasteiger partial charge in [-0.15, -0.1) is 0 Å². The average Bonchev–Trinajstić information content (AvgIpc) is 2.47. The molecule has 1 saturated heterocycles. The van der Waals surface area contributed by atoms with E-state index in [0.717, 1.165) is 31.4 Å². The highest BCUT2D eigenvalue weighted by Crippen LogP contribution is 2.16. The van der Waals surface area contributed by atoms with E-state index in [4.69, 9.17) is 4.74 Å². The summed E-state index contributed by atoms with van der Waals surface area (Å²) in [5, 5.41) is 3.56. The van der Waals surface area contributed by atoms with Crippen molar-refractivity contribution in [2.45, 2.75) is 32.7 Å². The molecule has 2 rings (SSSR count). The summed E-state index contributed by atoms with van der Waals surface area (Å²) < 4.78 is 5.78. The Balaban J connectivity index is 1.65. The summed E-state index contributed by atoms with van der Waals surface area (Å²) in [5.41, 5.74) is 0. The summed E-state index contributed by atoms with van der Waals surface area (Å²) in [5.74, 6) is 1.77. The van der Waals surface area contributed by atoms with Crippen molar-refractivity contribution in [2.24, 2.45) is 5.92 Å². The van der Waals surface area contributed by atoms with Gasteiger partial charge in [-0.3, -0.25) is 4.90 Å². The molecule has 0 aromatic heterocycles. The van der Waals surface area contributed by atoms with Crippen LogP contribution in [0.1, 0.15) is 26.7 Å². The second-order valence-corrected chi connectivity index (χ2v) is 6.03. The summed E-state index contributed by atoms with van der Waals surface area (Å²) in [6.07, 6.45) is 2.67. The molecule has 1 aromatic carbocycles. The molecule has 0 bridgehead atoms. The van der Waals surface area contributed by atoms with Crippen LogP contribution >= 0.6 is 0 Å². The van der Waals surface area contributed by atoms with Crippen LogP contribution in [0.3, 0.4) is 0 Å². The summed E-state index contributed by atoms with van der Waals surface area (Å²) >= 11 is 0. The molecule has 1 unspecified atom stereocenters. The van der Waals surface area contributed by atoms with E-state index in [2.05, 4.69) is 24.1 Å². The van der Waals surface area contributed by atoms with Gasteiger partial charge in [0.05, 0.1) is 0 Å². The summed E-state index contributed by atoms with van der Waals surface area (Å²) in [4.78, 5) is 2.54. The zero-order chi connectivity index (χ0) is 14.2. The van der Waals surface area contributed by atoms with E-state index in [0.29, 0.717) is 6.04 Å². The van der Waals surface area contributed by atoms with Gasteiger partial charge in [-0.1, -0.05) is 32.0 Å². The second kappa shape index (κ2) is 8.28. The smallest absolute Gasteiger partial charge is 0.119 e. The van der Waals surface area contributed by atoms with Crippen molar-refractivity contribution in [3.8, 4) is 5.75 Å². The van der Waals surface area contributed by atoms with Crippen molar-refractivity contribution in [1.82, 2.24) is 10.2 Å². The fraction of sp³-hybridized carbons (Fsp3) is 0.647. The van der Waals surface area contributed by atoms with E-state index in [-0.39, 0.29) is 0 Å². The first-order chi connectivity index (χ1) is 9.74. The summed E-state index contributed by atoms with van der Waals surface area (Å²) in [6, 6.07) is 10.7. The van der Waals surface area contributed by atoms with Gasteiger partial charge in [0.25, 0.3) is 0 Å². The lowest BCUT2D eigenvalue weighted by atomic mass is 9.98. The van der Waals surface area contributed by atoms with Crippen LogP contribution < -0.4 is 10.1 Å². The van der Waals surface area contributed by atoms with Crippen LogP contribution in [0.4, 0.5) is 0 Å². The van der Waals surface area contributed by atoms with E-state index >= 15 is 0 Å². The third-order valence-corrected chi connectivity index (χ3v) is 3.84. The molecule has 112 valence electrons. The Labute approximate surface area is 123 Å². The molecule has 1 fully saturated rings. The molecule has 1 aliphatic heterocycles. The van der Waals surface area contributed by atoms with Crippen molar-refractivity contribution >= 4 is 0 Å². The molecule has 0 aliphatic carbocycles. The van der Waals surface area contributed by atoms with Crippen LogP contribution in [-0.4, -0.2) is 43.7 Å². The third-order valence-electron chi connectivity index (χ3n) is 3.84. The Bertz CT molecular complexity index is 367. The Morgan fingerprint density at radius 3 is 2.85 bits per heavy atom. The minimum Gasteiger partial charge on any atom is -0.492 e. The monoisotopic (exact) mass is 276 g/mol. The number of para-hydroxylation sites is 1. The number of nitrogens with zero attached hydrogens (tertiary/aromatic N) is 1. The topological polar surface area (TPSA) is 24.5 Å². The van der Waals surface area contributed by atoms with Gasteiger partial charge < -0.3 is 10.1 Å². The SMILES string of the molecule is CC(C)NCC1CCCN(CCOc2ccccc2)C1. The molecule has 1 N–H and O–H groups in total. The Morgan fingerprint density at radius 2 is 2.10 bits per heavy atom. The highest BCUT2D eigenvalue weighted by atomic mass is 16.5. The molecule has 1 atom stereocenters. The van der Waals surface area contributed by atoms with E-state index in [9.17, 15) is 0 Å². The van der Waals surface area contributed by atoms with Crippen molar-refractivity contribution < 1.29 is 4.74 Å². The molecule has 1 aliphatic rings. The zero-order valence-electron chi connectivity index (χ0n) is 12.8. The maximum Gasteiger partial charge on any atom is 0.119 e. The van der Waals surface area contributed by atoms with Crippen LogP contribution in [0.15, 0.2) is 30.3 Å². The molecule has 3 nitrogen and oxygen atoms in total. The lowest BCUT2D eigenvalue weighted by Gasteiger charge is -2.33. The molecular weight excluding hydrogens is 248 g/mol. The maximum absolute atomic E-state index is 5.78. The number of nitrogens with one attached hydrogen (secondary N) is 1. The first kappa shape index (κ1) is 15.3. The first-order valence-corrected chi connectivity index (χ1v) is 7.87. The predicted molar refractivity (Wildman–Crippen MR) is 84.2 cm³/mol. The summed E-state index contributed by atoms with van der Waals surface area (Å²) in [7, 11) is 0. The molecule has 3 heteroatoms. The number of likely N-dealkylation sites (tertiary alicyclic amines) is 1. The molecular formula is C17H28N2O. The van der Waals surface area contributed by atoms with Crippen molar-refractivity contribution in [1.29, 1.82) is 0 Å². The van der Waals surface area contributed by atoms with Crippen LogP contribution in [0, 0.1) is 5.92 Å². The van der Waals surface area contributed by atoms with Crippen molar-refractivity contribution in [3.05, 3.63) is 30.3 Å². The van der Waals surface area contributed by atoms with Gasteiger partial charge in [0.2, 0.25) is 0 Å². The number of hydrogen-bond donors (Lipinski definition) is 1. The maximum atomic E-state index is 5.78. The standard InChI is InChI=1S/C17H28N2O/c1-15(2)18-13-16-7-6-10-19(14-16)11-12-20-17-8-4-3-5-9-17/h3-5,8-9,15-16,18H,6-7,10-14H2,1-2H3. The fourth-order valence-corrected chi connectivity index (χ4v) is 2.73. The number of rotatable bonds is 7. The van der Waals surface area contributed by atoms with E-state index in [1.807, 2.05) is 30.3 Å². The first-order valence-electron chi connectivity index (χ1n) is 7.87. The average molecular weight is 276 g/mol. The van der Waals surface area contributed by atoms with Crippen LogP contribution in [-0.2, 0) is 0 Å². The molecule has 0 radical (unpaired) electrons. The van der Waals surface area contributed by atoms with Crippen LogP contribution in [0.5, 0.6) is 5.75 Å². The third kappa shape index (κ3) is 5.51. The normalized spacial score (nSPS) is 20.2. The minimum atomic E-state index is 0.590. The summed E-state index contributed by atoms with van der Waals surface area (Å²) in [6.45, 7) is 9.83. The minimum absolute atomic E-state index is 0.590. The van der Waals surface area contributed by atoms with Gasteiger partial charge in [0, 0.05) is 19.1 Å². The molecule has 0 amide bonds. The molecule has 1 aromatic rings. The molecule has 20 heavy (non-hydrogen) atoms. The Hall–Kier alpha value is -1.06. The lowest BCUT2D eigenvalue weighted by molar-refractivity contribution is 0.144. The van der Waals surface area contributed by atoms with Crippen molar-refractivity contribution in [3.63, 3.8) is 0 Å². The van der Waals surface area contributed by atoms with Crippen LogP contribution in [0.2, 0.25) is 0 Å². The fourth-order valence-electron chi connectivity index (χ4n) is 2.73. The van der Waals surface area contributed by atoms with E-state index < -0.39 is 0 Å². The highest BCUT2D eigenvalue weighted by molar-refractivity contribution is 5.20. The van der Waals surface area contributed by atoms with Gasteiger partial charge in [0.1, 0.15) is 12.4 Å². The van der Waals surface area contributed by atoms with Gasteiger partial charge in [-0.25, -0.2) is 0 Å². The van der Waals surface area contributed by atoms with Gasteiger partial charge in [-0.05, 0) is 44.0 Å². The van der Waals surface area contributed by atoms with E-state index in [1.54, 1.807) is 0 Å². The number of ether oxygens (including phenoxy) is 1. The molecule has 1 heterocycles. The van der Waals surface area contributed by atoms with Gasteiger partial charge in [-0.2, -0.15) is 0 Å². The number of benzene rings is 1. The number of hydrogen-bond acceptors (Lipinski definition) is 3. The van der Waals surface area contributed by atoms with Gasteiger partial charge >= 0.3 is 0 Å². The highest BCUT2D eigenvalue weighted by Gasteiger charge is 2.19. The molecule has 0 spiro atoms. The van der Waals surface area contributed by atoms with E-state index in [1.165, 1.54) is 25.9 Å². The quantitative estimate of drug-likeness (QED) is 0.829. The number of piperidine rings is 1. The Morgan fingerprint density at radius 1 is 1.30 bits per heavy atom. The second-order valence-electron chi connectivity index (χ2n) is 6.03.